The lowest BCUT2D eigenvalue weighted by Gasteiger charge is -2.21. The first kappa shape index (κ1) is 33.4. The van der Waals surface area contributed by atoms with E-state index in [9.17, 15) is 36.3 Å². The van der Waals surface area contributed by atoms with Gasteiger partial charge in [0.1, 0.15) is 17.2 Å². The van der Waals surface area contributed by atoms with Gasteiger partial charge in [-0.15, -0.1) is 0 Å². The van der Waals surface area contributed by atoms with Crippen LogP contribution in [-0.4, -0.2) is 47.3 Å². The highest BCUT2D eigenvalue weighted by Crippen LogP contribution is 2.33. The summed E-state index contributed by atoms with van der Waals surface area (Å²) < 4.78 is 65.3. The number of nitrogens with zero attached hydrogens (tertiary/aromatic N) is 1. The fourth-order valence-electron chi connectivity index (χ4n) is 4.24. The van der Waals surface area contributed by atoms with Crippen LogP contribution < -0.4 is 16.0 Å². The number of benzene rings is 2. The van der Waals surface area contributed by atoms with E-state index < -0.39 is 47.4 Å². The van der Waals surface area contributed by atoms with Gasteiger partial charge in [-0.3, -0.25) is 19.9 Å². The monoisotopic (exact) mass is 622 g/mol. The van der Waals surface area contributed by atoms with E-state index in [0.29, 0.717) is 53.0 Å². The number of ether oxygens (including phenoxy) is 1. The van der Waals surface area contributed by atoms with Gasteiger partial charge in [0, 0.05) is 23.9 Å². The number of hydrogen-bond acceptors (Lipinski definition) is 6. The number of pyridine rings is 1. The molecule has 0 saturated carbocycles. The number of amides is 3. The van der Waals surface area contributed by atoms with E-state index in [2.05, 4.69) is 25.7 Å². The number of carboxylic acid groups (broad SMARTS) is 1. The molecule has 2 bridgehead atoms. The number of carboxylic acids is 1. The number of rotatable bonds is 3. The summed E-state index contributed by atoms with van der Waals surface area (Å²) in [5.41, 5.74) is 2.48. The predicted molar refractivity (Wildman–Crippen MR) is 148 cm³/mol. The summed E-state index contributed by atoms with van der Waals surface area (Å²) in [6.45, 7) is 1.54. The Morgan fingerprint density at radius 1 is 1.05 bits per heavy atom. The van der Waals surface area contributed by atoms with E-state index >= 15 is 0 Å². The second-order valence-corrected chi connectivity index (χ2v) is 9.57. The fourth-order valence-corrected chi connectivity index (χ4v) is 4.24. The van der Waals surface area contributed by atoms with Crippen LogP contribution in [-0.2, 0) is 14.3 Å². The van der Waals surface area contributed by atoms with Crippen molar-refractivity contribution in [1.29, 1.82) is 0 Å². The maximum atomic E-state index is 14.4. The summed E-state index contributed by atoms with van der Waals surface area (Å²) in [4.78, 5) is 50.5. The third-order valence-corrected chi connectivity index (χ3v) is 6.28. The number of aliphatic carboxylic acids is 1. The molecule has 15 heteroatoms. The smallest absolute Gasteiger partial charge is 0.475 e. The van der Waals surface area contributed by atoms with E-state index in [0.717, 1.165) is 12.1 Å². The number of fused-ring (bicyclic) bond motifs is 4. The van der Waals surface area contributed by atoms with Crippen molar-refractivity contribution in [2.75, 3.05) is 17.7 Å². The molecule has 0 fully saturated rings. The maximum Gasteiger partial charge on any atom is 0.490 e. The molecule has 4 rings (SSSR count). The summed E-state index contributed by atoms with van der Waals surface area (Å²) in [6.07, 6.45) is -2.46. The molecule has 10 nitrogen and oxygen atoms in total. The van der Waals surface area contributed by atoms with Crippen LogP contribution >= 0.6 is 0 Å². The molecule has 0 saturated heterocycles. The van der Waals surface area contributed by atoms with Gasteiger partial charge in [-0.05, 0) is 67.3 Å². The van der Waals surface area contributed by atoms with Crippen molar-refractivity contribution in [3.8, 4) is 11.1 Å². The van der Waals surface area contributed by atoms with Crippen LogP contribution in [0.25, 0.3) is 11.1 Å². The zero-order valence-corrected chi connectivity index (χ0v) is 23.4. The topological polar surface area (TPSA) is 147 Å². The van der Waals surface area contributed by atoms with Gasteiger partial charge in [-0.1, -0.05) is 12.5 Å². The van der Waals surface area contributed by atoms with Gasteiger partial charge in [0.2, 0.25) is 5.91 Å². The number of nitrogens with one attached hydrogen (secondary N) is 3. The Kier molecular flexibility index (Phi) is 10.9. The zero-order chi connectivity index (χ0) is 32.6. The number of alkyl halides is 3. The van der Waals surface area contributed by atoms with Gasteiger partial charge >= 0.3 is 18.2 Å². The number of carbonyl (C=O) groups is 4. The molecule has 0 radical (unpaired) electrons. The average Bonchev–Trinajstić information content (AvgIpc) is 2.93. The molecule has 44 heavy (non-hydrogen) atoms. The summed E-state index contributed by atoms with van der Waals surface area (Å²) in [7, 11) is 1.25. The fraction of sp³-hybridized carbons (Fsp3) is 0.276. The molecule has 4 N–H and O–H groups in total. The van der Waals surface area contributed by atoms with Crippen molar-refractivity contribution in [2.24, 2.45) is 0 Å². The van der Waals surface area contributed by atoms with Crippen LogP contribution in [0.4, 0.5) is 38.1 Å². The summed E-state index contributed by atoms with van der Waals surface area (Å²) >= 11 is 0. The molecule has 234 valence electrons. The van der Waals surface area contributed by atoms with E-state index in [1.807, 2.05) is 0 Å². The van der Waals surface area contributed by atoms with Crippen molar-refractivity contribution in [3.63, 3.8) is 0 Å². The normalized spacial score (nSPS) is 14.7. The van der Waals surface area contributed by atoms with Gasteiger partial charge in [0.25, 0.3) is 5.91 Å². The van der Waals surface area contributed by atoms with Crippen LogP contribution in [0.1, 0.15) is 53.3 Å². The lowest BCUT2D eigenvalue weighted by molar-refractivity contribution is -0.192. The van der Waals surface area contributed by atoms with Crippen LogP contribution in [0.3, 0.4) is 0 Å². The Bertz CT molecular complexity index is 1540. The van der Waals surface area contributed by atoms with Gasteiger partial charge in [-0.25, -0.2) is 18.4 Å². The highest BCUT2D eigenvalue weighted by Gasteiger charge is 2.38. The molecule has 2 aromatic carbocycles. The number of halogens is 5. The largest absolute Gasteiger partial charge is 0.490 e. The van der Waals surface area contributed by atoms with Crippen molar-refractivity contribution >= 4 is 35.3 Å². The lowest BCUT2D eigenvalue weighted by atomic mass is 9.97. The second-order valence-electron chi connectivity index (χ2n) is 9.57. The predicted octanol–water partition coefficient (Wildman–Crippen LogP) is 6.13. The molecule has 0 unspecified atom stereocenters. The number of carbonyl (C=O) groups excluding carboxylic acids is 3. The van der Waals surface area contributed by atoms with Crippen LogP contribution in [0.2, 0.25) is 0 Å². The minimum Gasteiger partial charge on any atom is -0.475 e. The number of aromatic nitrogens is 1. The standard InChI is InChI=1S/C27H26F2N4O4.C2HF3O2/c1-15-11-19(28)25(20(29)12-15)26(35)33-21-5-3-4-6-24(34)32-22-14-17(31-27(36)37-2)7-8-18(22)16-9-10-30-23(21)13-16;3-2(4,5)1(6)7/h7-14,21H,3-6H2,1-2H3,(H,31,36)(H,32,34)(H,33,35);(H,6,7)/t21-;/m0./s1. The lowest BCUT2D eigenvalue weighted by Crippen LogP contribution is -2.31. The van der Waals surface area contributed by atoms with Gasteiger partial charge in [-0.2, -0.15) is 13.2 Å². The molecule has 3 amide bonds. The van der Waals surface area contributed by atoms with Gasteiger partial charge in [0.05, 0.1) is 24.5 Å². The Balaban J connectivity index is 0.000000676. The summed E-state index contributed by atoms with van der Waals surface area (Å²) in [5.74, 6) is -5.72. The Morgan fingerprint density at radius 3 is 2.32 bits per heavy atom. The number of anilines is 2. The molecule has 3 aromatic rings. The van der Waals surface area contributed by atoms with Crippen molar-refractivity contribution in [1.82, 2.24) is 10.3 Å². The van der Waals surface area contributed by atoms with Gasteiger partial charge < -0.3 is 20.5 Å². The third kappa shape index (κ3) is 8.96. The first-order valence-corrected chi connectivity index (χ1v) is 13.0. The van der Waals surface area contributed by atoms with Gasteiger partial charge in [0.15, 0.2) is 0 Å². The quantitative estimate of drug-likeness (QED) is 0.257. The van der Waals surface area contributed by atoms with Crippen LogP contribution in [0, 0.1) is 18.6 Å². The van der Waals surface area contributed by atoms with Crippen LogP contribution in [0.5, 0.6) is 0 Å². The first-order valence-electron chi connectivity index (χ1n) is 13.0. The molecule has 1 aliphatic heterocycles. The molecular formula is C29H27F5N4O6. The van der Waals surface area contributed by atoms with E-state index in [-0.39, 0.29) is 12.3 Å². The van der Waals surface area contributed by atoms with E-state index in [1.54, 1.807) is 43.5 Å². The molecular weight excluding hydrogens is 595 g/mol. The molecule has 0 spiro atoms. The molecule has 1 atom stereocenters. The molecule has 1 aromatic heterocycles. The minimum absolute atomic E-state index is 0.212. The number of methoxy groups -OCH3 is 1. The Labute approximate surface area is 247 Å². The molecule has 1 aliphatic rings. The summed E-state index contributed by atoms with van der Waals surface area (Å²) in [5, 5.41) is 15.3. The van der Waals surface area contributed by atoms with Crippen molar-refractivity contribution < 1.29 is 51.0 Å². The van der Waals surface area contributed by atoms with E-state index in [1.165, 1.54) is 7.11 Å². The third-order valence-electron chi connectivity index (χ3n) is 6.28. The Hall–Kier alpha value is -5.08. The molecule has 2 heterocycles. The highest BCUT2D eigenvalue weighted by atomic mass is 19.4. The summed E-state index contributed by atoms with van der Waals surface area (Å²) in [6, 6.07) is 10.1. The average molecular weight is 623 g/mol. The maximum absolute atomic E-state index is 14.4. The van der Waals surface area contributed by atoms with E-state index in [4.69, 9.17) is 9.90 Å². The van der Waals surface area contributed by atoms with Crippen molar-refractivity contribution in [3.05, 3.63) is 77.1 Å². The SMILES string of the molecule is COC(=O)Nc1ccc2c(c1)NC(=O)CCCC[C@H](NC(=O)c1c(F)cc(C)cc1F)c1cc-2ccn1.O=C(O)C(F)(F)F. The zero-order valence-electron chi connectivity index (χ0n) is 23.4. The number of hydrogen-bond donors (Lipinski definition) is 4. The highest BCUT2D eigenvalue weighted by molar-refractivity contribution is 5.98. The first-order chi connectivity index (χ1) is 20.7. The number of aryl methyl sites for hydroxylation is 1. The second kappa shape index (κ2) is 14.4. The Morgan fingerprint density at radius 2 is 1.70 bits per heavy atom. The van der Waals surface area contributed by atoms with Crippen molar-refractivity contribution in [2.45, 2.75) is 44.8 Å². The molecule has 0 aliphatic carbocycles. The minimum atomic E-state index is -5.08. The van der Waals surface area contributed by atoms with Crippen LogP contribution in [0.15, 0.2) is 48.7 Å².